The third-order valence-corrected chi connectivity index (χ3v) is 3.55. The van der Waals surface area contributed by atoms with Gasteiger partial charge in [0.25, 0.3) is 0 Å². The summed E-state index contributed by atoms with van der Waals surface area (Å²) in [7, 11) is 0. The zero-order valence-electron chi connectivity index (χ0n) is 11.3. The highest BCUT2D eigenvalue weighted by molar-refractivity contribution is 5.86. The zero-order chi connectivity index (χ0) is 13.1. The van der Waals surface area contributed by atoms with Gasteiger partial charge in [-0.2, -0.15) is 5.26 Å². The third-order valence-electron chi connectivity index (χ3n) is 3.55. The first-order valence-electron chi connectivity index (χ1n) is 6.24. The van der Waals surface area contributed by atoms with E-state index in [9.17, 15) is 4.79 Å². The van der Waals surface area contributed by atoms with E-state index in [0.29, 0.717) is 0 Å². The fourth-order valence-corrected chi connectivity index (χ4v) is 2.10. The Kier molecular flexibility index (Phi) is 4.16. The molecule has 0 aromatic carbocycles. The quantitative estimate of drug-likeness (QED) is 0.806. The minimum absolute atomic E-state index is 0.100. The summed E-state index contributed by atoms with van der Waals surface area (Å²) in [6.07, 6.45) is 1.83. The number of carbonyl (C=O) groups excluding carboxylic acids is 1. The largest absolute Gasteiger partial charge is 0.353 e. The van der Waals surface area contributed by atoms with Crippen LogP contribution in [0.3, 0.4) is 0 Å². The van der Waals surface area contributed by atoms with Crippen molar-refractivity contribution in [2.24, 2.45) is 5.41 Å². The van der Waals surface area contributed by atoms with Crippen LogP contribution in [0.4, 0.5) is 0 Å². The van der Waals surface area contributed by atoms with Crippen molar-refractivity contribution in [2.45, 2.75) is 46.1 Å². The van der Waals surface area contributed by atoms with Crippen LogP contribution in [0, 0.1) is 16.7 Å². The molecule has 17 heavy (non-hydrogen) atoms. The van der Waals surface area contributed by atoms with Crippen molar-refractivity contribution in [1.29, 1.82) is 5.26 Å². The molecule has 1 rings (SSSR count). The molecular weight excluding hydrogens is 214 g/mol. The molecule has 1 fully saturated rings. The van der Waals surface area contributed by atoms with Crippen LogP contribution < -0.4 is 5.32 Å². The maximum atomic E-state index is 11.7. The molecule has 0 aromatic heterocycles. The number of rotatable bonds is 4. The van der Waals surface area contributed by atoms with Crippen molar-refractivity contribution in [1.82, 2.24) is 10.2 Å². The minimum atomic E-state index is -0.422. The fourth-order valence-electron chi connectivity index (χ4n) is 2.10. The van der Waals surface area contributed by atoms with Crippen LogP contribution in [0.1, 0.15) is 40.5 Å². The molecule has 0 aromatic rings. The highest BCUT2D eigenvalue weighted by Crippen LogP contribution is 2.23. The summed E-state index contributed by atoms with van der Waals surface area (Å²) in [5.74, 6) is 0.100. The Hall–Kier alpha value is -1.08. The van der Waals surface area contributed by atoms with Crippen molar-refractivity contribution in [3.05, 3.63) is 0 Å². The van der Waals surface area contributed by atoms with Gasteiger partial charge in [-0.15, -0.1) is 0 Å². The Bertz CT molecular complexity index is 328. The van der Waals surface area contributed by atoms with Crippen LogP contribution in [0.25, 0.3) is 0 Å². The van der Waals surface area contributed by atoms with Crippen molar-refractivity contribution < 1.29 is 4.79 Å². The van der Waals surface area contributed by atoms with Crippen LogP contribution >= 0.6 is 0 Å². The lowest BCUT2D eigenvalue weighted by Crippen LogP contribution is -2.61. The van der Waals surface area contributed by atoms with Gasteiger partial charge in [-0.05, 0) is 47.1 Å². The molecule has 0 aliphatic carbocycles. The maximum Gasteiger partial charge on any atom is 0.239 e. The van der Waals surface area contributed by atoms with E-state index in [0.717, 1.165) is 32.5 Å². The number of nitrogens with one attached hydrogen (secondary N) is 1. The van der Waals surface area contributed by atoms with Crippen LogP contribution in [-0.4, -0.2) is 36.0 Å². The molecule has 0 unspecified atom stereocenters. The van der Waals surface area contributed by atoms with Gasteiger partial charge in [0.1, 0.15) is 0 Å². The number of nitrogens with zero attached hydrogens (tertiary/aromatic N) is 2. The molecule has 0 spiro atoms. The fraction of sp³-hybridized carbons (Fsp3) is 0.846. The topological polar surface area (TPSA) is 56.1 Å². The Labute approximate surface area is 104 Å². The van der Waals surface area contributed by atoms with Gasteiger partial charge in [-0.1, -0.05) is 0 Å². The molecule has 0 saturated carbocycles. The standard InChI is InChI=1S/C13H23N3O/c1-12(2,10-14)6-5-8-16-9-7-15-11(17)13(16,3)4/h5-9H2,1-4H3,(H,15,17). The SMILES string of the molecule is CC(C)(C#N)CCCN1CCNC(=O)C1(C)C. The summed E-state index contributed by atoms with van der Waals surface area (Å²) in [5, 5.41) is 11.8. The number of piperazine rings is 1. The van der Waals surface area contributed by atoms with E-state index in [2.05, 4.69) is 16.3 Å². The molecule has 1 aliphatic heterocycles. The van der Waals surface area contributed by atoms with E-state index in [1.807, 2.05) is 27.7 Å². The van der Waals surface area contributed by atoms with E-state index < -0.39 is 5.54 Å². The second kappa shape index (κ2) is 5.05. The molecule has 4 nitrogen and oxygen atoms in total. The highest BCUT2D eigenvalue weighted by Gasteiger charge is 2.37. The first-order chi connectivity index (χ1) is 7.79. The number of carbonyl (C=O) groups is 1. The lowest BCUT2D eigenvalue weighted by molar-refractivity contribution is -0.135. The van der Waals surface area contributed by atoms with Crippen molar-refractivity contribution in [2.75, 3.05) is 19.6 Å². The summed E-state index contributed by atoms with van der Waals surface area (Å²) >= 11 is 0. The van der Waals surface area contributed by atoms with Gasteiger partial charge in [0.15, 0.2) is 0 Å². The number of hydrogen-bond acceptors (Lipinski definition) is 3. The second-order valence-electron chi connectivity index (χ2n) is 5.90. The van der Waals surface area contributed by atoms with Crippen molar-refractivity contribution in [3.63, 3.8) is 0 Å². The predicted octanol–water partition coefficient (Wildman–Crippen LogP) is 1.53. The van der Waals surface area contributed by atoms with Gasteiger partial charge in [0, 0.05) is 13.1 Å². The highest BCUT2D eigenvalue weighted by atomic mass is 16.2. The van der Waals surface area contributed by atoms with Crippen molar-refractivity contribution in [3.8, 4) is 6.07 Å². The Balaban J connectivity index is 2.47. The smallest absolute Gasteiger partial charge is 0.239 e. The van der Waals surface area contributed by atoms with E-state index in [-0.39, 0.29) is 11.3 Å². The summed E-state index contributed by atoms with van der Waals surface area (Å²) in [6.45, 7) is 10.3. The molecule has 4 heteroatoms. The zero-order valence-corrected chi connectivity index (χ0v) is 11.3. The van der Waals surface area contributed by atoms with Gasteiger partial charge >= 0.3 is 0 Å². The first kappa shape index (κ1) is 14.0. The van der Waals surface area contributed by atoms with Gasteiger partial charge in [0.2, 0.25) is 5.91 Å². The van der Waals surface area contributed by atoms with Crippen molar-refractivity contribution >= 4 is 5.91 Å². The lowest BCUT2D eigenvalue weighted by atomic mass is 9.89. The molecule has 0 atom stereocenters. The molecule has 1 amide bonds. The minimum Gasteiger partial charge on any atom is -0.353 e. The lowest BCUT2D eigenvalue weighted by Gasteiger charge is -2.41. The van der Waals surface area contributed by atoms with Gasteiger partial charge in [-0.3, -0.25) is 9.69 Å². The molecule has 1 N–H and O–H groups in total. The average Bonchev–Trinajstić information content (AvgIpc) is 2.24. The average molecular weight is 237 g/mol. The summed E-state index contributed by atoms with van der Waals surface area (Å²) in [5.41, 5.74) is -0.683. The molecule has 1 aliphatic rings. The second-order valence-corrected chi connectivity index (χ2v) is 5.90. The van der Waals surface area contributed by atoms with Crippen LogP contribution in [0.15, 0.2) is 0 Å². The number of hydrogen-bond donors (Lipinski definition) is 1. The van der Waals surface area contributed by atoms with Crippen LogP contribution in [-0.2, 0) is 4.79 Å². The third kappa shape index (κ3) is 3.44. The molecule has 0 radical (unpaired) electrons. The van der Waals surface area contributed by atoms with Gasteiger partial charge < -0.3 is 5.32 Å². The first-order valence-corrected chi connectivity index (χ1v) is 6.24. The van der Waals surface area contributed by atoms with E-state index in [4.69, 9.17) is 5.26 Å². The molecule has 0 bridgehead atoms. The van der Waals surface area contributed by atoms with E-state index >= 15 is 0 Å². The summed E-state index contributed by atoms with van der Waals surface area (Å²) in [4.78, 5) is 13.9. The predicted molar refractivity (Wildman–Crippen MR) is 67.3 cm³/mol. The summed E-state index contributed by atoms with van der Waals surface area (Å²) < 4.78 is 0. The van der Waals surface area contributed by atoms with E-state index in [1.165, 1.54) is 0 Å². The molecule has 96 valence electrons. The van der Waals surface area contributed by atoms with Crippen LogP contribution in [0.5, 0.6) is 0 Å². The number of nitriles is 1. The monoisotopic (exact) mass is 237 g/mol. The molecule has 1 heterocycles. The Morgan fingerprint density at radius 2 is 2.18 bits per heavy atom. The molecule has 1 saturated heterocycles. The number of amides is 1. The van der Waals surface area contributed by atoms with Gasteiger partial charge in [-0.25, -0.2) is 0 Å². The van der Waals surface area contributed by atoms with E-state index in [1.54, 1.807) is 0 Å². The van der Waals surface area contributed by atoms with Gasteiger partial charge in [0.05, 0.1) is 17.0 Å². The maximum absolute atomic E-state index is 11.7. The Morgan fingerprint density at radius 1 is 1.53 bits per heavy atom. The summed E-state index contributed by atoms with van der Waals surface area (Å²) in [6, 6.07) is 2.31. The van der Waals surface area contributed by atoms with Crippen LogP contribution in [0.2, 0.25) is 0 Å². The molecular formula is C13H23N3O. The normalized spacial score (nSPS) is 20.8. The Morgan fingerprint density at radius 3 is 2.76 bits per heavy atom.